The number of rotatable bonds is 4. The second kappa shape index (κ2) is 5.64. The first kappa shape index (κ1) is 11.1. The van der Waals surface area contributed by atoms with Crippen LogP contribution >= 0.6 is 0 Å². The van der Waals surface area contributed by atoms with E-state index in [1.165, 1.54) is 18.4 Å². The molecule has 2 unspecified atom stereocenters. The lowest BCUT2D eigenvalue weighted by Crippen LogP contribution is -2.30. The molecule has 0 amide bonds. The van der Waals surface area contributed by atoms with Gasteiger partial charge in [-0.25, -0.2) is 0 Å². The predicted molar refractivity (Wildman–Crippen MR) is 59.7 cm³/mol. The molecule has 0 spiro atoms. The molecule has 1 saturated carbocycles. The summed E-state index contributed by atoms with van der Waals surface area (Å²) >= 11 is 0. The highest BCUT2D eigenvalue weighted by Gasteiger charge is 2.24. The van der Waals surface area contributed by atoms with E-state index in [1.807, 2.05) is 0 Å². The van der Waals surface area contributed by atoms with Gasteiger partial charge in [0.2, 0.25) is 0 Å². The molecule has 1 aliphatic carbocycles. The Bertz CT molecular complexity index is 228. The zero-order chi connectivity index (χ0) is 10.5. The van der Waals surface area contributed by atoms with Crippen LogP contribution in [0.5, 0.6) is 0 Å². The Morgan fingerprint density at radius 1 is 1.47 bits per heavy atom. The van der Waals surface area contributed by atoms with Crippen molar-refractivity contribution in [1.82, 2.24) is 5.32 Å². The van der Waals surface area contributed by atoms with Gasteiger partial charge in [0, 0.05) is 13.1 Å². The number of aliphatic hydroxyl groups excluding tert-OH is 1. The van der Waals surface area contributed by atoms with Gasteiger partial charge in [-0.1, -0.05) is 12.5 Å². The van der Waals surface area contributed by atoms with Crippen LogP contribution in [0.15, 0.2) is 11.6 Å². The maximum atomic E-state index is 9.65. The molecule has 3 heteroatoms. The van der Waals surface area contributed by atoms with E-state index in [1.54, 1.807) is 0 Å². The fourth-order valence-corrected chi connectivity index (χ4v) is 2.41. The van der Waals surface area contributed by atoms with Gasteiger partial charge in [0.05, 0.1) is 19.3 Å². The Kier molecular flexibility index (Phi) is 4.18. The second-order valence-corrected chi connectivity index (χ2v) is 4.59. The molecular formula is C12H21NO2. The standard InChI is InChI=1S/C12H21NO2/c14-12-5-1-4-11(12)8-13-7-10-3-2-6-15-9-10/h3,11-14H,1-2,4-9H2. The van der Waals surface area contributed by atoms with Crippen LogP contribution in [0.25, 0.3) is 0 Å². The third kappa shape index (κ3) is 3.30. The zero-order valence-corrected chi connectivity index (χ0v) is 9.24. The molecule has 2 N–H and O–H groups in total. The first-order valence-corrected chi connectivity index (χ1v) is 6.00. The van der Waals surface area contributed by atoms with E-state index < -0.39 is 0 Å². The van der Waals surface area contributed by atoms with Crippen LogP contribution in [0.2, 0.25) is 0 Å². The molecule has 15 heavy (non-hydrogen) atoms. The highest BCUT2D eigenvalue weighted by molar-refractivity contribution is 5.06. The van der Waals surface area contributed by atoms with Gasteiger partial charge in [0.15, 0.2) is 0 Å². The van der Waals surface area contributed by atoms with Gasteiger partial charge >= 0.3 is 0 Å². The lowest BCUT2D eigenvalue weighted by molar-refractivity contribution is 0.130. The summed E-state index contributed by atoms with van der Waals surface area (Å²) in [6, 6.07) is 0. The Balaban J connectivity index is 1.63. The largest absolute Gasteiger partial charge is 0.393 e. The molecule has 1 aliphatic heterocycles. The molecule has 1 fully saturated rings. The molecule has 0 radical (unpaired) electrons. The topological polar surface area (TPSA) is 41.5 Å². The fraction of sp³-hybridized carbons (Fsp3) is 0.833. The number of nitrogens with one attached hydrogen (secondary N) is 1. The van der Waals surface area contributed by atoms with E-state index in [0.717, 1.165) is 39.1 Å². The third-order valence-electron chi connectivity index (χ3n) is 3.36. The summed E-state index contributed by atoms with van der Waals surface area (Å²) in [5.74, 6) is 0.468. The minimum absolute atomic E-state index is 0.0749. The zero-order valence-electron chi connectivity index (χ0n) is 9.24. The molecule has 2 rings (SSSR count). The summed E-state index contributed by atoms with van der Waals surface area (Å²) in [6.45, 7) is 3.51. The van der Waals surface area contributed by atoms with E-state index in [4.69, 9.17) is 4.74 Å². The van der Waals surface area contributed by atoms with E-state index >= 15 is 0 Å². The quantitative estimate of drug-likeness (QED) is 0.684. The molecule has 0 aromatic heterocycles. The molecule has 0 aromatic rings. The lowest BCUT2D eigenvalue weighted by atomic mass is 10.1. The maximum Gasteiger partial charge on any atom is 0.0689 e. The van der Waals surface area contributed by atoms with Crippen LogP contribution in [0.1, 0.15) is 25.7 Å². The number of aliphatic hydroxyl groups is 1. The van der Waals surface area contributed by atoms with Crippen molar-refractivity contribution in [2.24, 2.45) is 5.92 Å². The van der Waals surface area contributed by atoms with Gasteiger partial charge < -0.3 is 15.2 Å². The summed E-state index contributed by atoms with van der Waals surface area (Å²) in [5, 5.41) is 13.1. The van der Waals surface area contributed by atoms with Crippen LogP contribution < -0.4 is 5.32 Å². The van der Waals surface area contributed by atoms with E-state index in [-0.39, 0.29) is 6.10 Å². The summed E-state index contributed by atoms with van der Waals surface area (Å²) in [4.78, 5) is 0. The van der Waals surface area contributed by atoms with Gasteiger partial charge in [0.1, 0.15) is 0 Å². The highest BCUT2D eigenvalue weighted by atomic mass is 16.5. The van der Waals surface area contributed by atoms with Gasteiger partial charge in [0.25, 0.3) is 0 Å². The van der Waals surface area contributed by atoms with Gasteiger partial charge in [-0.05, 0) is 30.8 Å². The van der Waals surface area contributed by atoms with Crippen LogP contribution in [0.3, 0.4) is 0 Å². The third-order valence-corrected chi connectivity index (χ3v) is 3.36. The number of hydrogen-bond acceptors (Lipinski definition) is 3. The first-order valence-electron chi connectivity index (χ1n) is 6.00. The minimum atomic E-state index is -0.0749. The van der Waals surface area contributed by atoms with Crippen molar-refractivity contribution in [3.05, 3.63) is 11.6 Å². The molecule has 1 heterocycles. The van der Waals surface area contributed by atoms with E-state index in [2.05, 4.69) is 11.4 Å². The van der Waals surface area contributed by atoms with Crippen LogP contribution in [0, 0.1) is 5.92 Å². The van der Waals surface area contributed by atoms with Crippen molar-refractivity contribution in [3.63, 3.8) is 0 Å². The molecule has 0 aromatic carbocycles. The Morgan fingerprint density at radius 2 is 2.40 bits per heavy atom. The Hall–Kier alpha value is -0.380. The van der Waals surface area contributed by atoms with Crippen molar-refractivity contribution in [1.29, 1.82) is 0 Å². The monoisotopic (exact) mass is 211 g/mol. The van der Waals surface area contributed by atoms with Crippen LogP contribution in [-0.2, 0) is 4.74 Å². The SMILES string of the molecule is OC1CCCC1CNCC1=CCCOC1. The maximum absolute atomic E-state index is 9.65. The predicted octanol–water partition coefficient (Wildman–Crippen LogP) is 1.08. The molecule has 2 aliphatic rings. The average molecular weight is 211 g/mol. The lowest BCUT2D eigenvalue weighted by Gasteiger charge is -2.18. The molecule has 3 nitrogen and oxygen atoms in total. The first-order chi connectivity index (χ1) is 7.36. The molecule has 0 saturated heterocycles. The van der Waals surface area contributed by atoms with Gasteiger partial charge in [-0.15, -0.1) is 0 Å². The van der Waals surface area contributed by atoms with Gasteiger partial charge in [-0.3, -0.25) is 0 Å². The Morgan fingerprint density at radius 3 is 3.07 bits per heavy atom. The second-order valence-electron chi connectivity index (χ2n) is 4.59. The van der Waals surface area contributed by atoms with Crippen molar-refractivity contribution in [3.8, 4) is 0 Å². The smallest absolute Gasteiger partial charge is 0.0689 e. The minimum Gasteiger partial charge on any atom is -0.393 e. The van der Waals surface area contributed by atoms with E-state index in [9.17, 15) is 5.11 Å². The van der Waals surface area contributed by atoms with Crippen molar-refractivity contribution in [2.45, 2.75) is 31.8 Å². The average Bonchev–Trinajstić information content (AvgIpc) is 2.66. The van der Waals surface area contributed by atoms with Crippen LogP contribution in [-0.4, -0.2) is 37.5 Å². The Labute approximate surface area is 91.5 Å². The van der Waals surface area contributed by atoms with E-state index in [0.29, 0.717) is 5.92 Å². The molecule has 86 valence electrons. The number of ether oxygens (including phenoxy) is 1. The number of hydrogen-bond donors (Lipinski definition) is 2. The summed E-state index contributed by atoms with van der Waals surface area (Å²) < 4.78 is 5.37. The van der Waals surface area contributed by atoms with Crippen molar-refractivity contribution < 1.29 is 9.84 Å². The molecular weight excluding hydrogens is 190 g/mol. The van der Waals surface area contributed by atoms with Gasteiger partial charge in [-0.2, -0.15) is 0 Å². The molecule has 2 atom stereocenters. The van der Waals surface area contributed by atoms with Crippen molar-refractivity contribution in [2.75, 3.05) is 26.3 Å². The summed E-state index contributed by atoms with van der Waals surface area (Å²) in [5.41, 5.74) is 1.36. The molecule has 0 bridgehead atoms. The summed E-state index contributed by atoms with van der Waals surface area (Å²) in [6.07, 6.45) is 6.57. The highest BCUT2D eigenvalue weighted by Crippen LogP contribution is 2.24. The van der Waals surface area contributed by atoms with Crippen LogP contribution in [0.4, 0.5) is 0 Å². The van der Waals surface area contributed by atoms with Crippen molar-refractivity contribution >= 4 is 0 Å². The fourth-order valence-electron chi connectivity index (χ4n) is 2.41. The summed E-state index contributed by atoms with van der Waals surface area (Å²) in [7, 11) is 0. The normalized spacial score (nSPS) is 31.7.